The van der Waals surface area contributed by atoms with Gasteiger partial charge in [0.2, 0.25) is 0 Å². The molecule has 1 aromatic carbocycles. The summed E-state index contributed by atoms with van der Waals surface area (Å²) in [5.74, 6) is 1.03. The molecule has 5 rings (SSSR count). The molecule has 6 heteroatoms. The third kappa shape index (κ3) is 2.78. The summed E-state index contributed by atoms with van der Waals surface area (Å²) in [5.41, 5.74) is 3.95. The number of aliphatic hydroxyl groups is 1. The molecule has 27 heavy (non-hydrogen) atoms. The highest BCUT2D eigenvalue weighted by Crippen LogP contribution is 2.52. The normalized spacial score (nSPS) is 29.0. The maximum Gasteiger partial charge on any atom is 0.152 e. The fourth-order valence-corrected chi connectivity index (χ4v) is 5.04. The molecule has 2 saturated carbocycles. The number of aryl methyl sites for hydroxylation is 1. The number of hydrogen-bond donors (Lipinski definition) is 3. The highest BCUT2D eigenvalue weighted by atomic mass is 16.5. The minimum Gasteiger partial charge on any atom is -0.507 e. The van der Waals surface area contributed by atoms with Crippen molar-refractivity contribution in [1.29, 1.82) is 0 Å². The van der Waals surface area contributed by atoms with Crippen molar-refractivity contribution in [2.45, 2.75) is 63.2 Å². The van der Waals surface area contributed by atoms with Gasteiger partial charge >= 0.3 is 0 Å². The van der Waals surface area contributed by atoms with E-state index < -0.39 is 5.60 Å². The lowest BCUT2D eigenvalue weighted by Gasteiger charge is -2.31. The second-order valence-corrected chi connectivity index (χ2v) is 8.48. The van der Waals surface area contributed by atoms with Crippen molar-refractivity contribution >= 4 is 5.82 Å². The zero-order valence-corrected chi connectivity index (χ0v) is 15.6. The van der Waals surface area contributed by atoms with E-state index in [0.717, 1.165) is 61.0 Å². The molecule has 0 amide bonds. The van der Waals surface area contributed by atoms with E-state index in [1.54, 1.807) is 6.07 Å². The minimum atomic E-state index is -0.503. The Labute approximate surface area is 158 Å². The van der Waals surface area contributed by atoms with Crippen molar-refractivity contribution in [2.24, 2.45) is 0 Å². The Morgan fingerprint density at radius 3 is 2.63 bits per heavy atom. The van der Waals surface area contributed by atoms with Gasteiger partial charge in [0.1, 0.15) is 11.4 Å². The standard InChI is InChI=1S/C21H25N3O3/c1-13-2-3-15(17(25)10-13)18-16-11-27-9-4-14(16)19(24-23-18)22-20-5-7-21(26,12-20)8-6-20/h2-3,10,25-26H,4-9,11-12H2,1H3,(H,22,24). The summed E-state index contributed by atoms with van der Waals surface area (Å²) in [6.07, 6.45) is 5.20. The molecule has 0 atom stereocenters. The monoisotopic (exact) mass is 367 g/mol. The SMILES string of the molecule is Cc1ccc(-c2nnc(NC34CCC(O)(CC3)C4)c3c2COCC3)c(O)c1. The Morgan fingerprint density at radius 1 is 1.11 bits per heavy atom. The van der Waals surface area contributed by atoms with Crippen LogP contribution in [0.2, 0.25) is 0 Å². The van der Waals surface area contributed by atoms with Crippen molar-refractivity contribution < 1.29 is 14.9 Å². The number of phenolic OH excluding ortho intramolecular Hbond substituents is 1. The van der Waals surface area contributed by atoms with Gasteiger partial charge in [-0.05, 0) is 63.1 Å². The lowest BCUT2D eigenvalue weighted by molar-refractivity contribution is 0.0521. The lowest BCUT2D eigenvalue weighted by Crippen LogP contribution is -2.34. The first-order chi connectivity index (χ1) is 13.0. The third-order valence-electron chi connectivity index (χ3n) is 6.53. The average Bonchev–Trinajstić information content (AvgIpc) is 3.16. The molecule has 0 unspecified atom stereocenters. The summed E-state index contributed by atoms with van der Waals surface area (Å²) in [7, 11) is 0. The molecule has 1 aromatic heterocycles. The van der Waals surface area contributed by atoms with Crippen LogP contribution >= 0.6 is 0 Å². The Morgan fingerprint density at radius 2 is 1.93 bits per heavy atom. The van der Waals surface area contributed by atoms with Gasteiger partial charge < -0.3 is 20.3 Å². The minimum absolute atomic E-state index is 0.0664. The van der Waals surface area contributed by atoms with Crippen LogP contribution in [-0.4, -0.2) is 38.2 Å². The van der Waals surface area contributed by atoms with E-state index in [0.29, 0.717) is 24.5 Å². The average molecular weight is 367 g/mol. The summed E-state index contributed by atoms with van der Waals surface area (Å²) in [6.45, 7) is 3.08. The van der Waals surface area contributed by atoms with Gasteiger partial charge in [0.05, 0.1) is 18.8 Å². The van der Waals surface area contributed by atoms with Crippen molar-refractivity contribution in [3.05, 3.63) is 34.9 Å². The van der Waals surface area contributed by atoms with Gasteiger partial charge in [-0.2, -0.15) is 0 Å². The predicted molar refractivity (Wildman–Crippen MR) is 102 cm³/mol. The zero-order valence-electron chi connectivity index (χ0n) is 15.6. The number of phenols is 1. The number of benzene rings is 1. The molecule has 0 saturated heterocycles. The molecule has 2 aliphatic carbocycles. The lowest BCUT2D eigenvalue weighted by atomic mass is 9.92. The molecule has 0 radical (unpaired) electrons. The largest absolute Gasteiger partial charge is 0.507 e. The fraction of sp³-hybridized carbons (Fsp3) is 0.524. The van der Waals surface area contributed by atoms with E-state index in [4.69, 9.17) is 4.74 Å². The van der Waals surface area contributed by atoms with Crippen molar-refractivity contribution in [1.82, 2.24) is 10.2 Å². The van der Waals surface area contributed by atoms with E-state index in [1.807, 2.05) is 19.1 Å². The number of nitrogens with one attached hydrogen (secondary N) is 1. The summed E-state index contributed by atoms with van der Waals surface area (Å²) < 4.78 is 5.71. The first-order valence-electron chi connectivity index (χ1n) is 9.74. The van der Waals surface area contributed by atoms with Crippen LogP contribution in [0.3, 0.4) is 0 Å². The van der Waals surface area contributed by atoms with Gasteiger partial charge in [0, 0.05) is 22.2 Å². The van der Waals surface area contributed by atoms with E-state index in [2.05, 4.69) is 15.5 Å². The number of ether oxygens (including phenoxy) is 1. The van der Waals surface area contributed by atoms with Gasteiger partial charge in [0.25, 0.3) is 0 Å². The van der Waals surface area contributed by atoms with Gasteiger partial charge in [-0.15, -0.1) is 10.2 Å². The van der Waals surface area contributed by atoms with Crippen LogP contribution in [0.1, 0.15) is 48.8 Å². The van der Waals surface area contributed by atoms with Crippen molar-refractivity contribution in [3.8, 4) is 17.0 Å². The molecule has 3 N–H and O–H groups in total. The molecule has 6 nitrogen and oxygen atoms in total. The second-order valence-electron chi connectivity index (χ2n) is 8.48. The van der Waals surface area contributed by atoms with Crippen molar-refractivity contribution in [2.75, 3.05) is 11.9 Å². The number of anilines is 1. The Hall–Kier alpha value is -2.18. The van der Waals surface area contributed by atoms with E-state index in [1.165, 1.54) is 0 Å². The quantitative estimate of drug-likeness (QED) is 0.773. The Kier molecular flexibility index (Phi) is 3.71. The summed E-state index contributed by atoms with van der Waals surface area (Å²) in [5, 5.41) is 33.6. The smallest absolute Gasteiger partial charge is 0.152 e. The molecule has 2 heterocycles. The molecular weight excluding hydrogens is 342 g/mol. The second kappa shape index (κ2) is 5.91. The number of aromatic hydroxyl groups is 1. The molecule has 3 aliphatic rings. The molecule has 2 aromatic rings. The molecule has 1 aliphatic heterocycles. The molecular formula is C21H25N3O3. The topological polar surface area (TPSA) is 87.5 Å². The van der Waals surface area contributed by atoms with Crippen LogP contribution in [0.4, 0.5) is 5.82 Å². The first-order valence-corrected chi connectivity index (χ1v) is 9.74. The van der Waals surface area contributed by atoms with Gasteiger partial charge in [0.15, 0.2) is 5.82 Å². The first kappa shape index (κ1) is 17.0. The van der Waals surface area contributed by atoms with Gasteiger partial charge in [-0.3, -0.25) is 0 Å². The maximum absolute atomic E-state index is 10.5. The van der Waals surface area contributed by atoms with Crippen LogP contribution in [0.15, 0.2) is 18.2 Å². The van der Waals surface area contributed by atoms with Crippen LogP contribution in [0, 0.1) is 6.92 Å². The Balaban J connectivity index is 1.55. The van der Waals surface area contributed by atoms with Crippen LogP contribution < -0.4 is 5.32 Å². The highest BCUT2D eigenvalue weighted by molar-refractivity contribution is 5.73. The fourth-order valence-electron chi connectivity index (χ4n) is 5.04. The number of hydrogen-bond acceptors (Lipinski definition) is 6. The zero-order chi connectivity index (χ0) is 18.6. The molecule has 0 spiro atoms. The van der Waals surface area contributed by atoms with Gasteiger partial charge in [-0.25, -0.2) is 0 Å². The number of aromatic nitrogens is 2. The number of rotatable bonds is 3. The maximum atomic E-state index is 10.5. The van der Waals surface area contributed by atoms with Crippen molar-refractivity contribution in [3.63, 3.8) is 0 Å². The predicted octanol–water partition coefficient (Wildman–Crippen LogP) is 3.09. The molecule has 2 fully saturated rings. The molecule has 142 valence electrons. The number of fused-ring (bicyclic) bond motifs is 3. The summed E-state index contributed by atoms with van der Waals surface area (Å²) >= 11 is 0. The van der Waals surface area contributed by atoms with Crippen LogP contribution in [0.5, 0.6) is 5.75 Å². The summed E-state index contributed by atoms with van der Waals surface area (Å²) in [6, 6.07) is 5.61. The third-order valence-corrected chi connectivity index (χ3v) is 6.53. The van der Waals surface area contributed by atoms with E-state index >= 15 is 0 Å². The van der Waals surface area contributed by atoms with E-state index in [9.17, 15) is 10.2 Å². The highest BCUT2D eigenvalue weighted by Gasteiger charge is 2.53. The van der Waals surface area contributed by atoms with E-state index in [-0.39, 0.29) is 11.3 Å². The molecule has 2 bridgehead atoms. The van der Waals surface area contributed by atoms with Gasteiger partial charge in [-0.1, -0.05) is 6.07 Å². The van der Waals surface area contributed by atoms with Crippen LogP contribution in [-0.2, 0) is 17.8 Å². The number of nitrogens with zero attached hydrogens (tertiary/aromatic N) is 2. The van der Waals surface area contributed by atoms with Crippen LogP contribution in [0.25, 0.3) is 11.3 Å². The summed E-state index contributed by atoms with van der Waals surface area (Å²) in [4.78, 5) is 0. The Bertz CT molecular complexity index is 904.